The molecule has 3 aromatic rings. The van der Waals surface area contributed by atoms with Crippen LogP contribution >= 0.6 is 0 Å². The van der Waals surface area contributed by atoms with E-state index >= 15 is 4.39 Å². The molecule has 0 aromatic heterocycles. The van der Waals surface area contributed by atoms with Gasteiger partial charge >= 0.3 is 18.5 Å². The van der Waals surface area contributed by atoms with Gasteiger partial charge in [0, 0.05) is 6.07 Å². The quantitative estimate of drug-likeness (QED) is 0.232. The molecule has 40 heavy (non-hydrogen) atoms. The molecule has 0 fully saturated rings. The first-order valence-electron chi connectivity index (χ1n) is 9.71. The Labute approximate surface area is 210 Å². The van der Waals surface area contributed by atoms with Crippen LogP contribution in [0.15, 0.2) is 18.2 Å². The van der Waals surface area contributed by atoms with E-state index in [0.29, 0.717) is 0 Å². The van der Waals surface area contributed by atoms with Gasteiger partial charge in [-0.25, -0.2) is 22.0 Å². The van der Waals surface area contributed by atoms with Crippen molar-refractivity contribution in [3.63, 3.8) is 0 Å². The molecule has 4 nitrogen and oxygen atoms in total. The molecule has 0 saturated carbocycles. The first-order valence-corrected chi connectivity index (χ1v) is 9.71. The molecule has 0 aliphatic rings. The van der Waals surface area contributed by atoms with Gasteiger partial charge in [0.05, 0.1) is 0 Å². The molecule has 0 heterocycles. The van der Waals surface area contributed by atoms with Crippen molar-refractivity contribution >= 4 is 11.4 Å². The minimum absolute atomic E-state index is 0.476. The lowest BCUT2D eigenvalue weighted by molar-refractivity contribution is -0.142. The Morgan fingerprint density at radius 2 is 0.875 bits per heavy atom. The Bertz CT molecular complexity index is 1490. The number of nitrogen functional groups attached to an aromatic ring is 2. The lowest BCUT2D eigenvalue weighted by atomic mass is 10.1. The summed E-state index contributed by atoms with van der Waals surface area (Å²) in [5, 5.41) is 0. The average molecular weight is 604 g/mol. The summed E-state index contributed by atoms with van der Waals surface area (Å²) in [7, 11) is 0. The fourth-order valence-electron chi connectivity index (χ4n) is 3.08. The minimum atomic E-state index is -6.05. The zero-order valence-electron chi connectivity index (χ0n) is 18.4. The van der Waals surface area contributed by atoms with Gasteiger partial charge in [-0.05, 0) is 12.1 Å². The Hall–Kier alpha value is -4.19. The third kappa shape index (κ3) is 5.44. The summed E-state index contributed by atoms with van der Waals surface area (Å²) in [5.74, 6) is -23.9. The van der Waals surface area contributed by atoms with Crippen molar-refractivity contribution in [1.82, 2.24) is 0 Å². The first kappa shape index (κ1) is 30.4. The van der Waals surface area contributed by atoms with Crippen molar-refractivity contribution < 1.29 is 75.3 Å². The van der Waals surface area contributed by atoms with E-state index in [2.05, 4.69) is 9.47 Å². The van der Waals surface area contributed by atoms with Gasteiger partial charge in [0.1, 0.15) is 45.5 Å². The normalized spacial score (nSPS) is 12.6. The van der Waals surface area contributed by atoms with Gasteiger partial charge in [-0.1, -0.05) is 0 Å². The molecule has 3 rings (SSSR count). The van der Waals surface area contributed by atoms with Gasteiger partial charge in [0.15, 0.2) is 34.6 Å². The highest BCUT2D eigenvalue weighted by molar-refractivity contribution is 5.58. The van der Waals surface area contributed by atoms with Gasteiger partial charge < -0.3 is 20.9 Å². The van der Waals surface area contributed by atoms with E-state index in [1.54, 1.807) is 0 Å². The summed E-state index contributed by atoms with van der Waals surface area (Å²) in [5.41, 5.74) is -1.46. The molecule has 0 unspecified atom stereocenters. The van der Waals surface area contributed by atoms with E-state index in [1.807, 2.05) is 0 Å². The van der Waals surface area contributed by atoms with E-state index in [4.69, 9.17) is 11.5 Å². The van der Waals surface area contributed by atoms with Crippen LogP contribution in [0.25, 0.3) is 0 Å². The van der Waals surface area contributed by atoms with Crippen LogP contribution in [0.1, 0.15) is 16.7 Å². The molecule has 0 aliphatic heterocycles. The topological polar surface area (TPSA) is 70.5 Å². The van der Waals surface area contributed by atoms with Crippen LogP contribution in [0.4, 0.5) is 77.2 Å². The minimum Gasteiger partial charge on any atom is -0.450 e. The predicted molar refractivity (Wildman–Crippen MR) is 103 cm³/mol. The zero-order chi connectivity index (χ0) is 30.7. The van der Waals surface area contributed by atoms with Crippen molar-refractivity contribution in [3.05, 3.63) is 69.8 Å². The van der Waals surface area contributed by atoms with Gasteiger partial charge in [0.2, 0.25) is 5.82 Å². The van der Waals surface area contributed by atoms with Crippen LogP contribution < -0.4 is 20.9 Å². The Balaban J connectivity index is 2.36. The second-order valence-electron chi connectivity index (χ2n) is 7.50. The molecule has 218 valence electrons. The molecule has 0 amide bonds. The molecule has 3 aromatic carbocycles. The van der Waals surface area contributed by atoms with E-state index in [0.717, 1.165) is 0 Å². The molecule has 0 aliphatic carbocycles. The van der Waals surface area contributed by atoms with E-state index in [-0.39, 0.29) is 0 Å². The highest BCUT2D eigenvalue weighted by Gasteiger charge is 2.45. The number of halogens is 15. The van der Waals surface area contributed by atoms with Crippen molar-refractivity contribution in [1.29, 1.82) is 0 Å². The van der Waals surface area contributed by atoms with Crippen LogP contribution in [0.3, 0.4) is 0 Å². The van der Waals surface area contributed by atoms with Crippen LogP contribution in [0.5, 0.6) is 23.0 Å². The van der Waals surface area contributed by atoms with E-state index < -0.39 is 123 Å². The Morgan fingerprint density at radius 1 is 0.475 bits per heavy atom. The van der Waals surface area contributed by atoms with Crippen molar-refractivity contribution in [2.45, 2.75) is 18.5 Å². The molecule has 19 heteroatoms. The van der Waals surface area contributed by atoms with Crippen molar-refractivity contribution in [2.24, 2.45) is 0 Å². The van der Waals surface area contributed by atoms with Gasteiger partial charge in [-0.2, -0.15) is 43.9 Å². The monoisotopic (exact) mass is 604 g/mol. The van der Waals surface area contributed by atoms with E-state index in [1.165, 1.54) is 0 Å². The number of hydrogen-bond acceptors (Lipinski definition) is 4. The highest BCUT2D eigenvalue weighted by atomic mass is 19.4. The van der Waals surface area contributed by atoms with Crippen molar-refractivity contribution in [3.8, 4) is 23.0 Å². The molecule has 4 N–H and O–H groups in total. The highest BCUT2D eigenvalue weighted by Crippen LogP contribution is 2.50. The number of benzene rings is 3. The van der Waals surface area contributed by atoms with Gasteiger partial charge in [-0.3, -0.25) is 0 Å². The standard InChI is InChI=1S/C21H7F15N2O2/c22-6-3-9(39-16-4(19(28,29)30)1-7(23)14(37)12(16)26)11(25)18(10(6)21(34,35)36)40-17-5(20(31,32)33)2-8(24)15(38)13(17)27/h1-3H,37-38H2. The second-order valence-corrected chi connectivity index (χ2v) is 7.50. The summed E-state index contributed by atoms with van der Waals surface area (Å²) in [6.07, 6.45) is -17.6. The summed E-state index contributed by atoms with van der Waals surface area (Å²) in [4.78, 5) is 0. The van der Waals surface area contributed by atoms with Crippen LogP contribution in [-0.4, -0.2) is 0 Å². The Kier molecular flexibility index (Phi) is 7.42. The largest absolute Gasteiger partial charge is 0.450 e. The molecule has 0 atom stereocenters. The number of alkyl halides is 9. The maximum atomic E-state index is 15.2. The fourth-order valence-corrected chi connectivity index (χ4v) is 3.08. The molecule has 0 bridgehead atoms. The SMILES string of the molecule is Nc1c(F)cc(C(F)(F)F)c(Oc2cc(F)c(C(F)(F)F)c(Oc3c(C(F)(F)F)cc(F)c(N)c3F)c2F)c1F. The molecule has 0 saturated heterocycles. The summed E-state index contributed by atoms with van der Waals surface area (Å²) in [6.45, 7) is 0. The van der Waals surface area contributed by atoms with Gasteiger partial charge in [0.25, 0.3) is 0 Å². The van der Waals surface area contributed by atoms with Crippen LogP contribution in [0, 0.1) is 34.9 Å². The van der Waals surface area contributed by atoms with Gasteiger partial charge in [-0.15, -0.1) is 0 Å². The Morgan fingerprint density at radius 3 is 1.25 bits per heavy atom. The third-order valence-corrected chi connectivity index (χ3v) is 4.87. The fraction of sp³-hybridized carbons (Fsp3) is 0.143. The molecular formula is C21H7F15N2O2. The molecular weight excluding hydrogens is 597 g/mol. The predicted octanol–water partition coefficient (Wildman–Crippen LogP) is 8.33. The smallest absolute Gasteiger partial charge is 0.422 e. The zero-order valence-corrected chi connectivity index (χ0v) is 18.4. The second kappa shape index (κ2) is 9.77. The number of nitrogens with two attached hydrogens (primary N) is 2. The molecule has 0 spiro atoms. The summed E-state index contributed by atoms with van der Waals surface area (Å²) < 4.78 is 214. The number of rotatable bonds is 4. The van der Waals surface area contributed by atoms with Crippen LogP contribution in [0.2, 0.25) is 0 Å². The number of ether oxygens (including phenoxy) is 2. The summed E-state index contributed by atoms with van der Waals surface area (Å²) in [6, 6.07) is -1.66. The maximum absolute atomic E-state index is 15.2. The average Bonchev–Trinajstić information content (AvgIpc) is 2.79. The maximum Gasteiger partial charge on any atom is 0.422 e. The summed E-state index contributed by atoms with van der Waals surface area (Å²) >= 11 is 0. The lowest BCUT2D eigenvalue weighted by Crippen LogP contribution is -2.16. The lowest BCUT2D eigenvalue weighted by Gasteiger charge is -2.21. The number of hydrogen-bond donors (Lipinski definition) is 2. The first-order chi connectivity index (χ1) is 18.1. The molecule has 0 radical (unpaired) electrons. The van der Waals surface area contributed by atoms with Crippen LogP contribution in [-0.2, 0) is 18.5 Å². The van der Waals surface area contributed by atoms with E-state index in [9.17, 15) is 61.5 Å². The number of anilines is 2. The third-order valence-electron chi connectivity index (χ3n) is 4.87. The van der Waals surface area contributed by atoms with Crippen molar-refractivity contribution in [2.75, 3.05) is 11.5 Å².